The molecule has 24 heavy (non-hydrogen) atoms. The third-order valence-corrected chi connectivity index (χ3v) is 4.70. The van der Waals surface area contributed by atoms with Crippen molar-refractivity contribution in [2.75, 3.05) is 18.4 Å². The number of nitrogens with zero attached hydrogens (tertiary/aromatic N) is 2. The lowest BCUT2D eigenvalue weighted by molar-refractivity contribution is -0.134. The van der Waals surface area contributed by atoms with Crippen molar-refractivity contribution in [3.63, 3.8) is 0 Å². The molecular formula is C17H22N4O3. The summed E-state index contributed by atoms with van der Waals surface area (Å²) in [4.78, 5) is 38.8. The zero-order valence-electron chi connectivity index (χ0n) is 13.5. The first kappa shape index (κ1) is 16.3. The predicted molar refractivity (Wildman–Crippen MR) is 89.0 cm³/mol. The van der Waals surface area contributed by atoms with Gasteiger partial charge in [-0.25, -0.2) is 4.79 Å². The summed E-state index contributed by atoms with van der Waals surface area (Å²) in [6.07, 6.45) is 1.75. The van der Waals surface area contributed by atoms with E-state index in [1.54, 1.807) is 4.90 Å². The second-order valence-electron chi connectivity index (χ2n) is 6.29. The number of hydrogen-bond donors (Lipinski definition) is 2. The Morgan fingerprint density at radius 2 is 1.88 bits per heavy atom. The lowest BCUT2D eigenvalue weighted by atomic mass is 10.0. The fraction of sp³-hybridized carbons (Fsp3) is 0.471. The number of likely N-dealkylation sites (tertiary alicyclic amines) is 1. The molecule has 0 atom stereocenters. The summed E-state index contributed by atoms with van der Waals surface area (Å²) in [5, 5.41) is 2.93. The Balaban J connectivity index is 1.56. The molecule has 1 saturated heterocycles. The summed E-state index contributed by atoms with van der Waals surface area (Å²) in [5.74, 6) is -0.498. The van der Waals surface area contributed by atoms with E-state index in [1.807, 2.05) is 29.2 Å². The molecule has 0 aliphatic carbocycles. The second-order valence-corrected chi connectivity index (χ2v) is 6.29. The molecule has 1 aromatic rings. The van der Waals surface area contributed by atoms with E-state index in [4.69, 9.17) is 5.73 Å². The van der Waals surface area contributed by atoms with Crippen molar-refractivity contribution < 1.29 is 14.4 Å². The second kappa shape index (κ2) is 6.90. The predicted octanol–water partition coefficient (Wildman–Crippen LogP) is 1.29. The van der Waals surface area contributed by atoms with Gasteiger partial charge in [-0.3, -0.25) is 9.59 Å². The van der Waals surface area contributed by atoms with Gasteiger partial charge >= 0.3 is 6.03 Å². The number of piperidine rings is 1. The fourth-order valence-corrected chi connectivity index (χ4v) is 3.33. The van der Waals surface area contributed by atoms with Crippen molar-refractivity contribution in [3.05, 3.63) is 29.8 Å². The van der Waals surface area contributed by atoms with Crippen LogP contribution in [0.3, 0.4) is 0 Å². The number of amides is 4. The monoisotopic (exact) mass is 330 g/mol. The van der Waals surface area contributed by atoms with Gasteiger partial charge < -0.3 is 20.9 Å². The Morgan fingerprint density at radius 3 is 2.58 bits per heavy atom. The molecule has 128 valence electrons. The molecule has 2 aliphatic heterocycles. The number of fused-ring (bicyclic) bond motifs is 1. The van der Waals surface area contributed by atoms with Crippen LogP contribution in [0.5, 0.6) is 0 Å². The van der Waals surface area contributed by atoms with Crippen LogP contribution in [0.15, 0.2) is 24.3 Å². The lowest BCUT2D eigenvalue weighted by Gasteiger charge is -2.40. The number of benzene rings is 1. The SMILES string of the molecule is NC(=O)CCC(=O)N1CCC(N2Cc3ccccc3NC2=O)CC1. The number of carbonyl (C=O) groups is 3. The van der Waals surface area contributed by atoms with Gasteiger partial charge in [0.15, 0.2) is 0 Å². The quantitative estimate of drug-likeness (QED) is 0.871. The van der Waals surface area contributed by atoms with Crippen LogP contribution >= 0.6 is 0 Å². The molecule has 1 aromatic carbocycles. The number of primary amides is 1. The molecule has 2 aliphatic rings. The van der Waals surface area contributed by atoms with E-state index in [2.05, 4.69) is 5.32 Å². The van der Waals surface area contributed by atoms with Crippen molar-refractivity contribution in [1.82, 2.24) is 9.80 Å². The van der Waals surface area contributed by atoms with Crippen molar-refractivity contribution in [2.24, 2.45) is 5.73 Å². The average molecular weight is 330 g/mol. The topological polar surface area (TPSA) is 95.7 Å². The number of carbonyl (C=O) groups excluding carboxylic acids is 3. The summed E-state index contributed by atoms with van der Waals surface area (Å²) in [5.41, 5.74) is 7.06. The highest BCUT2D eigenvalue weighted by atomic mass is 16.2. The summed E-state index contributed by atoms with van der Waals surface area (Å²) in [7, 11) is 0. The van der Waals surface area contributed by atoms with Crippen molar-refractivity contribution in [3.8, 4) is 0 Å². The van der Waals surface area contributed by atoms with Gasteiger partial charge in [0, 0.05) is 44.2 Å². The van der Waals surface area contributed by atoms with E-state index >= 15 is 0 Å². The number of rotatable bonds is 4. The molecular weight excluding hydrogens is 308 g/mol. The van der Waals surface area contributed by atoms with Crippen molar-refractivity contribution in [1.29, 1.82) is 0 Å². The van der Waals surface area contributed by atoms with E-state index in [0.29, 0.717) is 19.6 Å². The molecule has 3 rings (SSSR count). The smallest absolute Gasteiger partial charge is 0.322 e. The highest BCUT2D eigenvalue weighted by molar-refractivity contribution is 5.92. The average Bonchev–Trinajstić information content (AvgIpc) is 2.59. The maximum absolute atomic E-state index is 12.3. The standard InChI is InChI=1S/C17H22N4O3/c18-15(22)5-6-16(23)20-9-7-13(8-10-20)21-11-12-3-1-2-4-14(12)19-17(21)24/h1-4,13H,5-11H2,(H2,18,22)(H,19,24). The summed E-state index contributed by atoms with van der Waals surface area (Å²) in [6.45, 7) is 1.81. The minimum Gasteiger partial charge on any atom is -0.370 e. The number of nitrogens with two attached hydrogens (primary N) is 1. The first-order chi connectivity index (χ1) is 11.5. The van der Waals surface area contributed by atoms with Crippen LogP contribution in [0.2, 0.25) is 0 Å². The van der Waals surface area contributed by atoms with Crippen LogP contribution in [-0.4, -0.2) is 46.8 Å². The van der Waals surface area contributed by atoms with Crippen LogP contribution in [0.4, 0.5) is 10.5 Å². The molecule has 0 bridgehead atoms. The fourth-order valence-electron chi connectivity index (χ4n) is 3.33. The molecule has 1 fully saturated rings. The number of nitrogens with one attached hydrogen (secondary N) is 1. The summed E-state index contributed by atoms with van der Waals surface area (Å²) >= 11 is 0. The molecule has 0 radical (unpaired) electrons. The minimum absolute atomic E-state index is 0.0410. The van der Waals surface area contributed by atoms with Gasteiger partial charge in [0.25, 0.3) is 0 Å². The van der Waals surface area contributed by atoms with Gasteiger partial charge in [-0.05, 0) is 24.5 Å². The van der Waals surface area contributed by atoms with Crippen LogP contribution in [0, 0.1) is 0 Å². The van der Waals surface area contributed by atoms with Crippen LogP contribution in [-0.2, 0) is 16.1 Å². The molecule has 4 amide bonds. The lowest BCUT2D eigenvalue weighted by Crippen LogP contribution is -2.51. The van der Waals surface area contributed by atoms with Crippen molar-refractivity contribution in [2.45, 2.75) is 38.3 Å². The summed E-state index contributed by atoms with van der Waals surface area (Å²) < 4.78 is 0. The van der Waals surface area contributed by atoms with Gasteiger partial charge in [-0.1, -0.05) is 18.2 Å². The first-order valence-electron chi connectivity index (χ1n) is 8.26. The van der Waals surface area contributed by atoms with E-state index in [-0.39, 0.29) is 30.8 Å². The molecule has 0 saturated carbocycles. The van der Waals surface area contributed by atoms with E-state index < -0.39 is 5.91 Å². The zero-order valence-corrected chi connectivity index (χ0v) is 13.5. The van der Waals surface area contributed by atoms with Crippen molar-refractivity contribution >= 4 is 23.5 Å². The van der Waals surface area contributed by atoms with Gasteiger partial charge in [-0.15, -0.1) is 0 Å². The largest absolute Gasteiger partial charge is 0.370 e. The molecule has 0 unspecified atom stereocenters. The van der Waals surface area contributed by atoms with Gasteiger partial charge in [-0.2, -0.15) is 0 Å². The number of urea groups is 1. The molecule has 2 heterocycles. The zero-order chi connectivity index (χ0) is 17.1. The first-order valence-corrected chi connectivity index (χ1v) is 8.26. The van der Waals surface area contributed by atoms with Gasteiger partial charge in [0.1, 0.15) is 0 Å². The molecule has 7 nitrogen and oxygen atoms in total. The Labute approximate surface area is 140 Å². The third-order valence-electron chi connectivity index (χ3n) is 4.70. The van der Waals surface area contributed by atoms with Crippen LogP contribution < -0.4 is 11.1 Å². The molecule has 3 N–H and O–H groups in total. The Bertz CT molecular complexity index is 653. The van der Waals surface area contributed by atoms with Gasteiger partial charge in [0.05, 0.1) is 0 Å². The number of hydrogen-bond acceptors (Lipinski definition) is 3. The Morgan fingerprint density at radius 1 is 1.17 bits per heavy atom. The molecule has 0 spiro atoms. The molecule has 7 heteroatoms. The van der Waals surface area contributed by atoms with Crippen LogP contribution in [0.1, 0.15) is 31.2 Å². The summed E-state index contributed by atoms with van der Waals surface area (Å²) in [6, 6.07) is 7.85. The Hall–Kier alpha value is -2.57. The maximum Gasteiger partial charge on any atom is 0.322 e. The highest BCUT2D eigenvalue weighted by Gasteiger charge is 2.32. The Kier molecular flexibility index (Phi) is 4.69. The maximum atomic E-state index is 12.3. The van der Waals surface area contributed by atoms with Gasteiger partial charge in [0.2, 0.25) is 11.8 Å². The van der Waals surface area contributed by atoms with Crippen LogP contribution in [0.25, 0.3) is 0 Å². The van der Waals surface area contributed by atoms with E-state index in [9.17, 15) is 14.4 Å². The molecule has 0 aromatic heterocycles. The van der Waals surface area contributed by atoms with E-state index in [1.165, 1.54) is 0 Å². The highest BCUT2D eigenvalue weighted by Crippen LogP contribution is 2.27. The number of anilines is 1. The third kappa shape index (κ3) is 3.50. The normalized spacial score (nSPS) is 18.1. The minimum atomic E-state index is -0.457. The number of para-hydroxylation sites is 1. The van der Waals surface area contributed by atoms with E-state index in [0.717, 1.165) is 24.1 Å².